The Morgan fingerprint density at radius 3 is 2.47 bits per heavy atom. The van der Waals surface area contributed by atoms with E-state index in [0.29, 0.717) is 5.69 Å². The molecule has 0 saturated carbocycles. The minimum atomic E-state index is -4.08. The maximum atomic E-state index is 14.3. The highest BCUT2D eigenvalue weighted by Crippen LogP contribution is 2.49. The van der Waals surface area contributed by atoms with E-state index in [4.69, 9.17) is 0 Å². The van der Waals surface area contributed by atoms with E-state index in [0.717, 1.165) is 50.5 Å². The van der Waals surface area contributed by atoms with Crippen molar-refractivity contribution in [3.8, 4) is 0 Å². The summed E-state index contributed by atoms with van der Waals surface area (Å²) in [4.78, 5) is 2.07. The van der Waals surface area contributed by atoms with Crippen LogP contribution in [0.1, 0.15) is 44.6 Å². The van der Waals surface area contributed by atoms with Crippen molar-refractivity contribution < 1.29 is 17.2 Å². The number of fused-ring (bicyclic) bond motifs is 2. The van der Waals surface area contributed by atoms with Crippen molar-refractivity contribution in [2.24, 2.45) is 0 Å². The Morgan fingerprint density at radius 2 is 1.77 bits per heavy atom. The molecule has 0 radical (unpaired) electrons. The smallest absolute Gasteiger partial charge is 0.267 e. The van der Waals surface area contributed by atoms with Crippen LogP contribution in [0.4, 0.5) is 14.5 Å². The average molecular weight is 435 g/mol. The van der Waals surface area contributed by atoms with Gasteiger partial charge < -0.3 is 4.90 Å². The van der Waals surface area contributed by atoms with Crippen LogP contribution in [-0.4, -0.2) is 39.5 Å². The SMILES string of the molecule is CCCCCN1CCC2(CC1)CN(S(=O)(=O)c1ccccc1F)c1ccc(F)cc12. The molecule has 0 amide bonds. The van der Waals surface area contributed by atoms with E-state index in [2.05, 4.69) is 11.8 Å². The number of benzene rings is 2. The molecule has 162 valence electrons. The van der Waals surface area contributed by atoms with E-state index >= 15 is 0 Å². The van der Waals surface area contributed by atoms with Crippen molar-refractivity contribution in [3.63, 3.8) is 0 Å². The molecule has 4 nitrogen and oxygen atoms in total. The second kappa shape index (κ2) is 8.27. The van der Waals surface area contributed by atoms with Crippen LogP contribution in [0.5, 0.6) is 0 Å². The molecule has 2 aliphatic heterocycles. The lowest BCUT2D eigenvalue weighted by atomic mass is 9.74. The molecule has 2 aromatic rings. The Labute approximate surface area is 177 Å². The summed E-state index contributed by atoms with van der Waals surface area (Å²) in [5.41, 5.74) is 0.770. The van der Waals surface area contributed by atoms with Gasteiger partial charge in [0.2, 0.25) is 0 Å². The first-order chi connectivity index (χ1) is 14.4. The molecule has 0 bridgehead atoms. The van der Waals surface area contributed by atoms with E-state index in [-0.39, 0.29) is 17.3 Å². The summed E-state index contributed by atoms with van der Waals surface area (Å²) in [5, 5.41) is 0. The molecule has 2 aliphatic rings. The molecule has 2 aromatic carbocycles. The number of rotatable bonds is 6. The highest BCUT2D eigenvalue weighted by molar-refractivity contribution is 7.92. The fourth-order valence-electron chi connectivity index (χ4n) is 4.80. The van der Waals surface area contributed by atoms with Crippen LogP contribution in [0, 0.1) is 11.6 Å². The zero-order valence-corrected chi connectivity index (χ0v) is 18.1. The predicted octanol–water partition coefficient (Wildman–Crippen LogP) is 4.70. The number of likely N-dealkylation sites (tertiary alicyclic amines) is 1. The average Bonchev–Trinajstić information content (AvgIpc) is 3.04. The number of hydrogen-bond donors (Lipinski definition) is 0. The third-order valence-electron chi connectivity index (χ3n) is 6.54. The Hall–Kier alpha value is -1.99. The molecule has 4 rings (SSSR count). The van der Waals surface area contributed by atoms with Crippen molar-refractivity contribution in [1.29, 1.82) is 0 Å². The first-order valence-electron chi connectivity index (χ1n) is 10.7. The van der Waals surface area contributed by atoms with Crippen molar-refractivity contribution in [2.45, 2.75) is 49.3 Å². The summed E-state index contributed by atoms with van der Waals surface area (Å²) in [7, 11) is -4.08. The normalized spacial score (nSPS) is 18.7. The quantitative estimate of drug-likeness (QED) is 0.619. The second-order valence-corrected chi connectivity index (χ2v) is 10.3. The van der Waals surface area contributed by atoms with Gasteiger partial charge in [-0.3, -0.25) is 4.31 Å². The van der Waals surface area contributed by atoms with Crippen molar-refractivity contribution in [2.75, 3.05) is 30.5 Å². The summed E-state index contributed by atoms with van der Waals surface area (Å²) < 4.78 is 56.5. The molecule has 1 fully saturated rings. The highest BCUT2D eigenvalue weighted by Gasteiger charge is 2.48. The van der Waals surface area contributed by atoms with Crippen LogP contribution >= 0.6 is 0 Å². The van der Waals surface area contributed by atoms with Gasteiger partial charge in [0, 0.05) is 12.0 Å². The number of nitrogens with zero attached hydrogens (tertiary/aromatic N) is 2. The second-order valence-electron chi connectivity index (χ2n) is 8.43. The van der Waals surface area contributed by atoms with Crippen molar-refractivity contribution >= 4 is 15.7 Å². The molecule has 7 heteroatoms. The van der Waals surface area contributed by atoms with Gasteiger partial charge in [0.05, 0.1) is 5.69 Å². The number of sulfonamides is 1. The van der Waals surface area contributed by atoms with E-state index in [1.165, 1.54) is 53.5 Å². The molecular weight excluding hydrogens is 406 g/mol. The molecule has 1 saturated heterocycles. The van der Waals surface area contributed by atoms with Crippen LogP contribution in [0.25, 0.3) is 0 Å². The van der Waals surface area contributed by atoms with Gasteiger partial charge in [-0.05, 0) is 74.8 Å². The molecule has 1 spiro atoms. The van der Waals surface area contributed by atoms with Crippen molar-refractivity contribution in [1.82, 2.24) is 4.90 Å². The van der Waals surface area contributed by atoms with Crippen LogP contribution in [0.3, 0.4) is 0 Å². The Bertz CT molecular complexity index is 1020. The summed E-state index contributed by atoms with van der Waals surface area (Å²) in [6, 6.07) is 9.69. The summed E-state index contributed by atoms with van der Waals surface area (Å²) in [6.45, 7) is 5.16. The largest absolute Gasteiger partial charge is 0.303 e. The lowest BCUT2D eigenvalue weighted by Crippen LogP contribution is -2.46. The molecule has 0 atom stereocenters. The van der Waals surface area contributed by atoms with E-state index in [1.807, 2.05) is 0 Å². The zero-order valence-electron chi connectivity index (χ0n) is 17.3. The Morgan fingerprint density at radius 1 is 1.03 bits per heavy atom. The first kappa shape index (κ1) is 21.2. The van der Waals surface area contributed by atoms with Gasteiger partial charge in [-0.1, -0.05) is 31.9 Å². The topological polar surface area (TPSA) is 40.6 Å². The van der Waals surface area contributed by atoms with Gasteiger partial charge in [0.15, 0.2) is 0 Å². The Kier molecular flexibility index (Phi) is 5.86. The maximum absolute atomic E-state index is 14.3. The zero-order chi connectivity index (χ0) is 21.4. The molecule has 2 heterocycles. The lowest BCUT2D eigenvalue weighted by molar-refractivity contribution is 0.165. The van der Waals surface area contributed by atoms with Crippen LogP contribution < -0.4 is 4.31 Å². The van der Waals surface area contributed by atoms with Gasteiger partial charge in [0.1, 0.15) is 16.5 Å². The van der Waals surface area contributed by atoms with Crippen molar-refractivity contribution in [3.05, 3.63) is 59.7 Å². The van der Waals surface area contributed by atoms with E-state index in [1.54, 1.807) is 0 Å². The minimum absolute atomic E-state index is 0.227. The van der Waals surface area contributed by atoms with E-state index in [9.17, 15) is 17.2 Å². The number of hydrogen-bond acceptors (Lipinski definition) is 3. The summed E-state index contributed by atoms with van der Waals surface area (Å²) in [5.74, 6) is -1.14. The first-order valence-corrected chi connectivity index (χ1v) is 12.1. The fraction of sp³-hybridized carbons (Fsp3) is 0.478. The number of halogens is 2. The number of unbranched alkanes of at least 4 members (excludes halogenated alkanes) is 2. The van der Waals surface area contributed by atoms with Gasteiger partial charge in [-0.25, -0.2) is 17.2 Å². The monoisotopic (exact) mass is 434 g/mol. The third kappa shape index (κ3) is 3.73. The summed E-state index contributed by atoms with van der Waals surface area (Å²) >= 11 is 0. The number of anilines is 1. The molecule has 0 aliphatic carbocycles. The number of piperidine rings is 1. The van der Waals surface area contributed by atoms with Crippen LogP contribution in [0.2, 0.25) is 0 Å². The molecule has 0 N–H and O–H groups in total. The van der Waals surface area contributed by atoms with Gasteiger partial charge in [-0.15, -0.1) is 0 Å². The third-order valence-corrected chi connectivity index (χ3v) is 8.33. The minimum Gasteiger partial charge on any atom is -0.303 e. The predicted molar refractivity (Wildman–Crippen MR) is 114 cm³/mol. The molecule has 0 aromatic heterocycles. The summed E-state index contributed by atoms with van der Waals surface area (Å²) in [6.07, 6.45) is 5.05. The van der Waals surface area contributed by atoms with Crippen LogP contribution in [-0.2, 0) is 15.4 Å². The highest BCUT2D eigenvalue weighted by atomic mass is 32.2. The molecule has 0 unspecified atom stereocenters. The van der Waals surface area contributed by atoms with Gasteiger partial charge in [0.25, 0.3) is 10.0 Å². The molecular formula is C23H28F2N2O2S. The van der Waals surface area contributed by atoms with E-state index < -0.39 is 21.3 Å². The Balaban J connectivity index is 1.65. The molecule has 30 heavy (non-hydrogen) atoms. The van der Waals surface area contributed by atoms with Gasteiger partial charge >= 0.3 is 0 Å². The van der Waals surface area contributed by atoms with Crippen LogP contribution in [0.15, 0.2) is 47.4 Å². The maximum Gasteiger partial charge on any atom is 0.267 e. The standard InChI is InChI=1S/C23H28F2N2O2S/c1-2-3-6-13-26-14-11-23(12-15-26)17-27(21-10-9-18(24)16-19(21)23)30(28,29)22-8-5-4-7-20(22)25/h4-5,7-10,16H,2-3,6,11-15,17H2,1H3. The lowest BCUT2D eigenvalue weighted by Gasteiger charge is -2.40. The van der Waals surface area contributed by atoms with Gasteiger partial charge in [-0.2, -0.15) is 0 Å². The fourth-order valence-corrected chi connectivity index (χ4v) is 6.44.